The summed E-state index contributed by atoms with van der Waals surface area (Å²) >= 11 is 0. The lowest BCUT2D eigenvalue weighted by Crippen LogP contribution is -2.37. The van der Waals surface area contributed by atoms with Crippen LogP contribution in [-0.4, -0.2) is 31.1 Å². The van der Waals surface area contributed by atoms with Gasteiger partial charge in [-0.15, -0.1) is 0 Å². The van der Waals surface area contributed by atoms with Crippen molar-refractivity contribution in [1.82, 2.24) is 4.90 Å². The number of rotatable bonds is 4. The number of hydrogen-bond acceptors (Lipinski definition) is 3. The molecule has 3 nitrogen and oxygen atoms in total. The van der Waals surface area contributed by atoms with Gasteiger partial charge in [-0.25, -0.2) is 0 Å². The number of benzene rings is 1. The molecular formula is C15H20N2O. The number of hydrogen-bond donors (Lipinski definition) is 0. The molecule has 0 amide bonds. The van der Waals surface area contributed by atoms with Crippen LogP contribution in [0.15, 0.2) is 24.3 Å². The van der Waals surface area contributed by atoms with Gasteiger partial charge in [-0.05, 0) is 45.0 Å². The highest BCUT2D eigenvalue weighted by molar-refractivity contribution is 5.42. The van der Waals surface area contributed by atoms with Crippen LogP contribution in [0.4, 0.5) is 0 Å². The number of ether oxygens (including phenoxy) is 1. The molecule has 18 heavy (non-hydrogen) atoms. The zero-order valence-corrected chi connectivity index (χ0v) is 10.9. The van der Waals surface area contributed by atoms with Crippen LogP contribution >= 0.6 is 0 Å². The molecular weight excluding hydrogens is 224 g/mol. The minimum atomic E-state index is 0.620. The van der Waals surface area contributed by atoms with Crippen LogP contribution in [0.1, 0.15) is 31.2 Å². The Labute approximate surface area is 109 Å². The maximum Gasteiger partial charge on any atom is 0.137 e. The molecule has 0 aliphatic carbocycles. The molecule has 0 bridgehead atoms. The molecule has 1 aromatic carbocycles. The van der Waals surface area contributed by atoms with E-state index in [4.69, 9.17) is 10.00 Å². The molecule has 2 rings (SSSR count). The van der Waals surface area contributed by atoms with Crippen LogP contribution in [0.3, 0.4) is 0 Å². The van der Waals surface area contributed by atoms with E-state index in [9.17, 15) is 0 Å². The first-order valence-corrected chi connectivity index (χ1v) is 6.63. The van der Waals surface area contributed by atoms with E-state index in [1.54, 1.807) is 6.07 Å². The van der Waals surface area contributed by atoms with Crippen molar-refractivity contribution in [2.24, 2.45) is 0 Å². The summed E-state index contributed by atoms with van der Waals surface area (Å²) in [6, 6.07) is 10.2. The molecule has 0 saturated carbocycles. The van der Waals surface area contributed by atoms with Crippen LogP contribution in [0, 0.1) is 11.3 Å². The Morgan fingerprint density at radius 2 is 2.22 bits per heavy atom. The van der Waals surface area contributed by atoms with Gasteiger partial charge in [0, 0.05) is 6.04 Å². The minimum Gasteiger partial charge on any atom is -0.492 e. The summed E-state index contributed by atoms with van der Waals surface area (Å²) in [5, 5.41) is 8.97. The van der Waals surface area contributed by atoms with Gasteiger partial charge >= 0.3 is 0 Å². The molecule has 3 heteroatoms. The fourth-order valence-electron chi connectivity index (χ4n) is 2.50. The average Bonchev–Trinajstić information content (AvgIpc) is 2.41. The molecule has 0 aromatic heterocycles. The maximum atomic E-state index is 8.97. The van der Waals surface area contributed by atoms with Crippen molar-refractivity contribution >= 4 is 0 Å². The molecule has 1 saturated heterocycles. The zero-order valence-electron chi connectivity index (χ0n) is 10.9. The van der Waals surface area contributed by atoms with Gasteiger partial charge in [0.25, 0.3) is 0 Å². The Morgan fingerprint density at radius 1 is 1.39 bits per heavy atom. The predicted molar refractivity (Wildman–Crippen MR) is 71.5 cm³/mol. The first-order valence-electron chi connectivity index (χ1n) is 6.63. The second-order valence-corrected chi connectivity index (χ2v) is 4.88. The van der Waals surface area contributed by atoms with Gasteiger partial charge in [0.1, 0.15) is 11.8 Å². The lowest BCUT2D eigenvalue weighted by atomic mass is 10.0. The summed E-state index contributed by atoms with van der Waals surface area (Å²) in [6.45, 7) is 1.88. The molecule has 1 aliphatic heterocycles. The third-order valence-corrected chi connectivity index (χ3v) is 3.64. The highest BCUT2D eigenvalue weighted by Gasteiger charge is 2.18. The summed E-state index contributed by atoms with van der Waals surface area (Å²) in [7, 11) is 2.19. The topological polar surface area (TPSA) is 36.3 Å². The van der Waals surface area contributed by atoms with Gasteiger partial charge in [-0.2, -0.15) is 5.26 Å². The number of para-hydroxylation sites is 1. The van der Waals surface area contributed by atoms with Crippen molar-refractivity contribution in [3.63, 3.8) is 0 Å². The molecule has 96 valence electrons. The summed E-state index contributed by atoms with van der Waals surface area (Å²) in [4.78, 5) is 2.42. The van der Waals surface area contributed by atoms with Crippen molar-refractivity contribution in [2.45, 2.75) is 31.7 Å². The van der Waals surface area contributed by atoms with Crippen molar-refractivity contribution in [2.75, 3.05) is 20.2 Å². The van der Waals surface area contributed by atoms with E-state index in [0.29, 0.717) is 24.0 Å². The lowest BCUT2D eigenvalue weighted by molar-refractivity contribution is 0.153. The van der Waals surface area contributed by atoms with Gasteiger partial charge < -0.3 is 9.64 Å². The van der Waals surface area contributed by atoms with Crippen LogP contribution in [-0.2, 0) is 0 Å². The molecule has 1 unspecified atom stereocenters. The van der Waals surface area contributed by atoms with Crippen molar-refractivity contribution in [3.8, 4) is 11.8 Å². The Morgan fingerprint density at radius 3 is 3.00 bits per heavy atom. The maximum absolute atomic E-state index is 8.97. The summed E-state index contributed by atoms with van der Waals surface area (Å²) in [5.74, 6) is 0.707. The Bertz CT molecular complexity index is 425. The monoisotopic (exact) mass is 244 g/mol. The third kappa shape index (κ3) is 3.24. The molecule has 0 N–H and O–H groups in total. The van der Waals surface area contributed by atoms with Crippen LogP contribution < -0.4 is 4.74 Å². The van der Waals surface area contributed by atoms with E-state index >= 15 is 0 Å². The number of nitrogens with zero attached hydrogens (tertiary/aromatic N) is 2. The Kier molecular flexibility index (Phi) is 4.60. The van der Waals surface area contributed by atoms with Gasteiger partial charge in [-0.3, -0.25) is 0 Å². The second-order valence-electron chi connectivity index (χ2n) is 4.88. The summed E-state index contributed by atoms with van der Waals surface area (Å²) in [5.41, 5.74) is 0.620. The molecule has 1 aromatic rings. The first kappa shape index (κ1) is 12.9. The van der Waals surface area contributed by atoms with E-state index in [1.807, 2.05) is 18.2 Å². The van der Waals surface area contributed by atoms with E-state index in [-0.39, 0.29) is 0 Å². The number of piperidine rings is 1. The average molecular weight is 244 g/mol. The fraction of sp³-hybridized carbons (Fsp3) is 0.533. The normalized spacial score (nSPS) is 20.3. The number of nitriles is 1. The fourth-order valence-corrected chi connectivity index (χ4v) is 2.50. The number of likely N-dealkylation sites (tertiary alicyclic amines) is 1. The van der Waals surface area contributed by atoms with Gasteiger partial charge in [0.15, 0.2) is 0 Å². The van der Waals surface area contributed by atoms with Gasteiger partial charge in [0.2, 0.25) is 0 Å². The third-order valence-electron chi connectivity index (χ3n) is 3.64. The minimum absolute atomic E-state index is 0.620. The first-order chi connectivity index (χ1) is 8.81. The van der Waals surface area contributed by atoms with E-state index in [1.165, 1.54) is 25.8 Å². The summed E-state index contributed by atoms with van der Waals surface area (Å²) < 4.78 is 5.73. The smallest absolute Gasteiger partial charge is 0.137 e. The molecule has 1 aliphatic rings. The van der Waals surface area contributed by atoms with Crippen molar-refractivity contribution < 1.29 is 4.74 Å². The largest absolute Gasteiger partial charge is 0.492 e. The van der Waals surface area contributed by atoms with E-state index in [0.717, 1.165) is 6.42 Å². The second kappa shape index (κ2) is 6.42. The van der Waals surface area contributed by atoms with Gasteiger partial charge in [0.05, 0.1) is 12.2 Å². The predicted octanol–water partition coefficient (Wildman–Crippen LogP) is 2.81. The molecule has 1 fully saturated rings. The van der Waals surface area contributed by atoms with Crippen molar-refractivity contribution in [3.05, 3.63) is 29.8 Å². The van der Waals surface area contributed by atoms with Crippen LogP contribution in [0.5, 0.6) is 5.75 Å². The van der Waals surface area contributed by atoms with E-state index < -0.39 is 0 Å². The quantitative estimate of drug-likeness (QED) is 0.817. The molecule has 1 heterocycles. The molecule has 0 spiro atoms. The Hall–Kier alpha value is -1.53. The standard InChI is InChI=1S/C15H20N2O/c1-17-10-5-4-7-14(17)9-11-18-15-8-3-2-6-13(15)12-16/h2-3,6,8,14H,4-5,7,9-11H2,1H3. The highest BCUT2D eigenvalue weighted by Crippen LogP contribution is 2.20. The van der Waals surface area contributed by atoms with E-state index in [2.05, 4.69) is 18.0 Å². The van der Waals surface area contributed by atoms with Gasteiger partial charge in [-0.1, -0.05) is 18.6 Å². The molecule has 1 atom stereocenters. The van der Waals surface area contributed by atoms with Crippen LogP contribution in [0.25, 0.3) is 0 Å². The van der Waals surface area contributed by atoms with Crippen LogP contribution in [0.2, 0.25) is 0 Å². The molecule has 0 radical (unpaired) electrons. The highest BCUT2D eigenvalue weighted by atomic mass is 16.5. The SMILES string of the molecule is CN1CCCCC1CCOc1ccccc1C#N. The van der Waals surface area contributed by atoms with Crippen molar-refractivity contribution in [1.29, 1.82) is 5.26 Å². The zero-order chi connectivity index (χ0) is 12.8. The lowest BCUT2D eigenvalue weighted by Gasteiger charge is -2.32. The summed E-state index contributed by atoms with van der Waals surface area (Å²) in [6.07, 6.45) is 4.94. The Balaban J connectivity index is 1.83.